The van der Waals surface area contributed by atoms with Crippen LogP contribution in [0.15, 0.2) is 47.1 Å². The molecule has 134 valence electrons. The van der Waals surface area contributed by atoms with Gasteiger partial charge in [0.05, 0.1) is 10.4 Å². The molecule has 4 nitrogen and oxygen atoms in total. The van der Waals surface area contributed by atoms with Gasteiger partial charge in [-0.15, -0.1) is 11.3 Å². The van der Waals surface area contributed by atoms with Gasteiger partial charge in [-0.3, -0.25) is 9.78 Å². The molecule has 0 bridgehead atoms. The van der Waals surface area contributed by atoms with E-state index in [0.29, 0.717) is 0 Å². The van der Waals surface area contributed by atoms with E-state index in [9.17, 15) is 4.79 Å². The molecule has 1 aliphatic rings. The van der Waals surface area contributed by atoms with Crippen LogP contribution in [0, 0.1) is 6.92 Å². The highest BCUT2D eigenvalue weighted by atomic mass is 79.9. The lowest BCUT2D eigenvalue weighted by molar-refractivity contribution is 0.0935. The number of pyridine rings is 1. The molecule has 3 heterocycles. The third-order valence-corrected chi connectivity index (χ3v) is 6.47. The molecule has 1 saturated heterocycles. The minimum absolute atomic E-state index is 0.0554. The molecule has 1 amide bonds. The standard InChI is InChI=1S/C20H20BrN3OS/c1-13-5-6-18(26-13)20(25)23-14-8-11-24(12-9-14)17-7-10-22-19-15(17)3-2-4-16(19)21/h2-7,10,14H,8-9,11-12H2,1H3,(H,23,25). The maximum absolute atomic E-state index is 12.4. The largest absolute Gasteiger partial charge is 0.371 e. The summed E-state index contributed by atoms with van der Waals surface area (Å²) in [6.45, 7) is 3.89. The van der Waals surface area contributed by atoms with Gasteiger partial charge in [0.15, 0.2) is 0 Å². The number of anilines is 1. The van der Waals surface area contributed by atoms with Crippen LogP contribution in [0.25, 0.3) is 10.9 Å². The zero-order valence-electron chi connectivity index (χ0n) is 14.5. The highest BCUT2D eigenvalue weighted by molar-refractivity contribution is 9.10. The number of carbonyl (C=O) groups is 1. The van der Waals surface area contributed by atoms with Gasteiger partial charge >= 0.3 is 0 Å². The van der Waals surface area contributed by atoms with E-state index in [-0.39, 0.29) is 11.9 Å². The summed E-state index contributed by atoms with van der Waals surface area (Å²) in [4.78, 5) is 21.2. The smallest absolute Gasteiger partial charge is 0.261 e. The number of hydrogen-bond donors (Lipinski definition) is 1. The van der Waals surface area contributed by atoms with E-state index >= 15 is 0 Å². The van der Waals surface area contributed by atoms with Crippen LogP contribution >= 0.6 is 27.3 Å². The maximum atomic E-state index is 12.4. The molecule has 0 aliphatic carbocycles. The Balaban J connectivity index is 1.44. The van der Waals surface area contributed by atoms with Crippen molar-refractivity contribution in [3.8, 4) is 0 Å². The Morgan fingerprint density at radius 3 is 2.77 bits per heavy atom. The molecule has 0 unspecified atom stereocenters. The number of para-hydroxylation sites is 1. The Morgan fingerprint density at radius 2 is 2.04 bits per heavy atom. The van der Waals surface area contributed by atoms with Crippen LogP contribution in [0.1, 0.15) is 27.4 Å². The number of thiophene rings is 1. The molecule has 6 heteroatoms. The number of nitrogens with zero attached hydrogens (tertiary/aromatic N) is 2. The first-order chi connectivity index (χ1) is 12.6. The van der Waals surface area contributed by atoms with Crippen LogP contribution in [0.4, 0.5) is 5.69 Å². The molecular formula is C20H20BrN3OS. The van der Waals surface area contributed by atoms with Gasteiger partial charge in [-0.2, -0.15) is 0 Å². The van der Waals surface area contributed by atoms with Gasteiger partial charge < -0.3 is 10.2 Å². The van der Waals surface area contributed by atoms with Gasteiger partial charge in [0.25, 0.3) is 5.91 Å². The van der Waals surface area contributed by atoms with Crippen LogP contribution in [-0.2, 0) is 0 Å². The van der Waals surface area contributed by atoms with Crippen molar-refractivity contribution in [1.82, 2.24) is 10.3 Å². The average molecular weight is 430 g/mol. The third-order valence-electron chi connectivity index (χ3n) is 4.83. The Kier molecular flexibility index (Phi) is 4.96. The Labute approximate surface area is 165 Å². The van der Waals surface area contributed by atoms with Gasteiger partial charge in [0, 0.05) is 45.8 Å². The molecule has 26 heavy (non-hydrogen) atoms. The number of hydrogen-bond acceptors (Lipinski definition) is 4. The molecule has 1 fully saturated rings. The average Bonchev–Trinajstić information content (AvgIpc) is 3.09. The summed E-state index contributed by atoms with van der Waals surface area (Å²) >= 11 is 5.14. The van der Waals surface area contributed by atoms with Crippen molar-refractivity contribution in [2.75, 3.05) is 18.0 Å². The molecule has 3 aromatic rings. The minimum Gasteiger partial charge on any atom is -0.371 e. The van der Waals surface area contributed by atoms with E-state index in [1.54, 1.807) is 11.3 Å². The molecule has 1 N–H and O–H groups in total. The van der Waals surface area contributed by atoms with E-state index in [1.165, 1.54) is 16.0 Å². The lowest BCUT2D eigenvalue weighted by Gasteiger charge is -2.34. The van der Waals surface area contributed by atoms with E-state index < -0.39 is 0 Å². The zero-order valence-corrected chi connectivity index (χ0v) is 16.9. The summed E-state index contributed by atoms with van der Waals surface area (Å²) in [6, 6.07) is 12.4. The van der Waals surface area contributed by atoms with Crippen LogP contribution in [0.3, 0.4) is 0 Å². The fourth-order valence-electron chi connectivity index (χ4n) is 3.48. The first kappa shape index (κ1) is 17.5. The topological polar surface area (TPSA) is 45.2 Å². The van der Waals surface area contributed by atoms with Gasteiger partial charge in [-0.25, -0.2) is 0 Å². The number of aromatic nitrogens is 1. The molecule has 2 aromatic heterocycles. The molecular weight excluding hydrogens is 410 g/mol. The fourth-order valence-corrected chi connectivity index (χ4v) is 4.72. The minimum atomic E-state index is 0.0554. The molecule has 0 radical (unpaired) electrons. The maximum Gasteiger partial charge on any atom is 0.261 e. The molecule has 0 spiro atoms. The van der Waals surface area contributed by atoms with Crippen molar-refractivity contribution in [3.05, 3.63) is 56.8 Å². The van der Waals surface area contributed by atoms with Crippen LogP contribution in [0.5, 0.6) is 0 Å². The lowest BCUT2D eigenvalue weighted by atomic mass is 10.0. The summed E-state index contributed by atoms with van der Waals surface area (Å²) < 4.78 is 1.02. The number of rotatable bonds is 3. The SMILES string of the molecule is Cc1ccc(C(=O)NC2CCN(c3ccnc4c(Br)cccc34)CC2)s1. The number of benzene rings is 1. The Hall–Kier alpha value is -1.92. The predicted octanol–water partition coefficient (Wildman–Crippen LogP) is 4.77. The molecule has 1 aromatic carbocycles. The van der Waals surface area contributed by atoms with E-state index in [4.69, 9.17) is 0 Å². The summed E-state index contributed by atoms with van der Waals surface area (Å²) in [6.07, 6.45) is 3.78. The van der Waals surface area contributed by atoms with Crippen molar-refractivity contribution < 1.29 is 4.79 Å². The Bertz CT molecular complexity index is 947. The second-order valence-electron chi connectivity index (χ2n) is 6.61. The van der Waals surface area contributed by atoms with Gasteiger partial charge in [-0.05, 0) is 60.0 Å². The quantitative estimate of drug-likeness (QED) is 0.652. The number of aryl methyl sites for hydroxylation is 1. The van der Waals surface area contributed by atoms with Gasteiger partial charge in [0.1, 0.15) is 0 Å². The van der Waals surface area contributed by atoms with Crippen LogP contribution in [-0.4, -0.2) is 30.0 Å². The molecule has 4 rings (SSSR count). The Morgan fingerprint density at radius 1 is 1.23 bits per heavy atom. The number of carbonyl (C=O) groups excluding carboxylic acids is 1. The molecule has 0 atom stereocenters. The highest BCUT2D eigenvalue weighted by Crippen LogP contribution is 2.31. The van der Waals surface area contributed by atoms with Crippen LogP contribution < -0.4 is 10.2 Å². The number of piperidine rings is 1. The van der Waals surface area contributed by atoms with Crippen molar-refractivity contribution in [2.24, 2.45) is 0 Å². The second-order valence-corrected chi connectivity index (χ2v) is 8.75. The number of fused-ring (bicyclic) bond motifs is 1. The number of nitrogens with one attached hydrogen (secondary N) is 1. The normalized spacial score (nSPS) is 15.4. The fraction of sp³-hybridized carbons (Fsp3) is 0.300. The lowest BCUT2D eigenvalue weighted by Crippen LogP contribution is -2.44. The van der Waals surface area contributed by atoms with Crippen molar-refractivity contribution in [2.45, 2.75) is 25.8 Å². The summed E-state index contributed by atoms with van der Waals surface area (Å²) in [5.74, 6) is 0.0554. The highest BCUT2D eigenvalue weighted by Gasteiger charge is 2.23. The van der Waals surface area contributed by atoms with Crippen molar-refractivity contribution in [3.63, 3.8) is 0 Å². The van der Waals surface area contributed by atoms with E-state index in [1.807, 2.05) is 37.4 Å². The second kappa shape index (κ2) is 7.37. The first-order valence-electron chi connectivity index (χ1n) is 8.77. The summed E-state index contributed by atoms with van der Waals surface area (Å²) in [5, 5.41) is 4.36. The third kappa shape index (κ3) is 3.48. The first-order valence-corrected chi connectivity index (χ1v) is 10.4. The summed E-state index contributed by atoms with van der Waals surface area (Å²) in [7, 11) is 0. The van der Waals surface area contributed by atoms with E-state index in [2.05, 4.69) is 43.3 Å². The van der Waals surface area contributed by atoms with Crippen LogP contribution in [0.2, 0.25) is 0 Å². The number of halogens is 1. The monoisotopic (exact) mass is 429 g/mol. The van der Waals surface area contributed by atoms with Gasteiger partial charge in [0.2, 0.25) is 0 Å². The number of amides is 1. The van der Waals surface area contributed by atoms with Gasteiger partial charge in [-0.1, -0.05) is 12.1 Å². The van der Waals surface area contributed by atoms with Crippen molar-refractivity contribution >= 4 is 49.8 Å². The van der Waals surface area contributed by atoms with Crippen molar-refractivity contribution in [1.29, 1.82) is 0 Å². The zero-order chi connectivity index (χ0) is 18.1. The molecule has 1 aliphatic heterocycles. The summed E-state index contributed by atoms with van der Waals surface area (Å²) in [5.41, 5.74) is 2.21. The van der Waals surface area contributed by atoms with E-state index in [0.717, 1.165) is 40.8 Å². The predicted molar refractivity (Wildman–Crippen MR) is 111 cm³/mol. The molecule has 0 saturated carbocycles.